The minimum Gasteiger partial charge on any atom is -0.494 e. The van der Waals surface area contributed by atoms with Crippen molar-refractivity contribution in [2.75, 3.05) is 16.9 Å². The van der Waals surface area contributed by atoms with Gasteiger partial charge in [0.2, 0.25) is 5.91 Å². The van der Waals surface area contributed by atoms with Crippen LogP contribution < -0.4 is 20.5 Å². The predicted octanol–water partition coefficient (Wildman–Crippen LogP) is 3.33. The van der Waals surface area contributed by atoms with Gasteiger partial charge in [0.15, 0.2) is 5.13 Å². The van der Waals surface area contributed by atoms with E-state index in [1.54, 1.807) is 24.3 Å². The van der Waals surface area contributed by atoms with E-state index < -0.39 is 6.04 Å². The topological polar surface area (TPSA) is 83.6 Å². The van der Waals surface area contributed by atoms with Crippen LogP contribution in [-0.2, 0) is 9.59 Å². The Morgan fingerprint density at radius 2 is 1.96 bits per heavy atom. The lowest BCUT2D eigenvalue weighted by atomic mass is 10.2. The summed E-state index contributed by atoms with van der Waals surface area (Å²) in [6.07, 6.45) is 1.00. The van der Waals surface area contributed by atoms with Crippen LogP contribution in [0.1, 0.15) is 19.8 Å². The number of rotatable bonds is 7. The molecular formula is C20H20N4O3S. The lowest BCUT2D eigenvalue weighted by Gasteiger charge is -2.16. The second-order valence-corrected chi connectivity index (χ2v) is 7.45. The number of para-hydroxylation sites is 1. The number of amides is 2. The molecule has 1 aromatic heterocycles. The number of fused-ring (bicyclic) bond motifs is 1. The van der Waals surface area contributed by atoms with Crippen LogP contribution in [0.3, 0.4) is 0 Å². The van der Waals surface area contributed by atoms with E-state index in [1.807, 2.05) is 31.2 Å². The Bertz CT molecular complexity index is 969. The van der Waals surface area contributed by atoms with E-state index in [0.29, 0.717) is 17.4 Å². The molecule has 2 amide bonds. The molecule has 2 heterocycles. The maximum absolute atomic E-state index is 12.7. The van der Waals surface area contributed by atoms with Crippen LogP contribution in [0.5, 0.6) is 5.75 Å². The van der Waals surface area contributed by atoms with E-state index in [4.69, 9.17) is 4.74 Å². The first kappa shape index (κ1) is 18.4. The summed E-state index contributed by atoms with van der Waals surface area (Å²) in [4.78, 5) is 30.8. The van der Waals surface area contributed by atoms with Crippen molar-refractivity contribution in [3.8, 4) is 5.75 Å². The zero-order valence-corrected chi connectivity index (χ0v) is 16.2. The smallest absolute Gasteiger partial charge is 0.253 e. The summed E-state index contributed by atoms with van der Waals surface area (Å²) in [7, 11) is 0. The van der Waals surface area contributed by atoms with Crippen LogP contribution in [0.2, 0.25) is 0 Å². The molecule has 8 heteroatoms. The van der Waals surface area contributed by atoms with Crippen molar-refractivity contribution in [2.24, 2.45) is 0 Å². The molecule has 7 nitrogen and oxygen atoms in total. The van der Waals surface area contributed by atoms with Crippen molar-refractivity contribution in [3.05, 3.63) is 48.5 Å². The minimum atomic E-state index is -0.643. The summed E-state index contributed by atoms with van der Waals surface area (Å²) in [6, 6.07) is 14.1. The molecule has 0 bridgehead atoms. The van der Waals surface area contributed by atoms with Crippen molar-refractivity contribution in [1.29, 1.82) is 0 Å². The quantitative estimate of drug-likeness (QED) is 0.471. The van der Waals surface area contributed by atoms with Crippen molar-refractivity contribution < 1.29 is 14.3 Å². The van der Waals surface area contributed by atoms with Crippen LogP contribution in [0.4, 0.5) is 10.8 Å². The van der Waals surface area contributed by atoms with E-state index in [-0.39, 0.29) is 18.2 Å². The third kappa shape index (κ3) is 3.69. The zero-order chi connectivity index (χ0) is 19.5. The Kier molecular flexibility index (Phi) is 5.23. The van der Waals surface area contributed by atoms with Gasteiger partial charge in [-0.1, -0.05) is 30.4 Å². The number of ether oxygens (including phenoxy) is 1. The highest BCUT2D eigenvalue weighted by Crippen LogP contribution is 2.27. The first-order valence-electron chi connectivity index (χ1n) is 9.12. The lowest BCUT2D eigenvalue weighted by Crippen LogP contribution is -2.41. The molecule has 1 fully saturated rings. The summed E-state index contributed by atoms with van der Waals surface area (Å²) in [5.74, 6) is 0.188. The number of thiazole rings is 1. The first-order valence-corrected chi connectivity index (χ1v) is 9.94. The number of carbonyl (C=O) groups is 2. The molecule has 0 unspecified atom stereocenters. The molecule has 3 aromatic rings. The molecule has 144 valence electrons. The third-order valence-electron chi connectivity index (χ3n) is 4.36. The van der Waals surface area contributed by atoms with Gasteiger partial charge >= 0.3 is 0 Å². The Labute approximate surface area is 166 Å². The Morgan fingerprint density at radius 1 is 1.18 bits per heavy atom. The highest BCUT2D eigenvalue weighted by molar-refractivity contribution is 7.22. The predicted molar refractivity (Wildman–Crippen MR) is 110 cm³/mol. The second-order valence-electron chi connectivity index (χ2n) is 6.42. The normalized spacial score (nSPS) is 16.8. The number of carbonyl (C=O) groups excluding carboxylic acids is 2. The van der Waals surface area contributed by atoms with E-state index in [9.17, 15) is 9.59 Å². The van der Waals surface area contributed by atoms with Gasteiger partial charge in [-0.05, 0) is 42.8 Å². The lowest BCUT2D eigenvalue weighted by molar-refractivity contribution is -0.121. The third-order valence-corrected chi connectivity index (χ3v) is 5.31. The summed E-state index contributed by atoms with van der Waals surface area (Å²) >= 11 is 1.48. The van der Waals surface area contributed by atoms with Gasteiger partial charge in [-0.25, -0.2) is 15.3 Å². The van der Waals surface area contributed by atoms with Gasteiger partial charge in [-0.3, -0.25) is 15.0 Å². The van der Waals surface area contributed by atoms with Gasteiger partial charge in [-0.15, -0.1) is 0 Å². The summed E-state index contributed by atoms with van der Waals surface area (Å²) in [5, 5.41) is 0.650. The Hall–Kier alpha value is -2.97. The van der Waals surface area contributed by atoms with Gasteiger partial charge in [0, 0.05) is 0 Å². The molecule has 4 rings (SSSR count). The van der Waals surface area contributed by atoms with Crippen LogP contribution in [-0.4, -0.2) is 29.4 Å². The number of hydrazine groups is 1. The van der Waals surface area contributed by atoms with E-state index in [1.165, 1.54) is 16.2 Å². The number of hydrogen-bond donors (Lipinski definition) is 2. The molecule has 1 atom stereocenters. The first-order chi connectivity index (χ1) is 13.7. The standard InChI is InChI=1S/C20H20N4O3S/c1-2-11-27-14-9-7-13(8-10-14)24-18(25)12-16(19(24)26)22-23-20-21-15-5-3-4-6-17(15)28-20/h3-10,16,22H,2,11-12H2,1H3,(H,21,23)/t16-/m0/s1. The Balaban J connectivity index is 1.41. The summed E-state index contributed by atoms with van der Waals surface area (Å²) in [5.41, 5.74) is 7.34. The SMILES string of the molecule is CCCOc1ccc(N2C(=O)C[C@H](NNc3nc4ccccc4s3)C2=O)cc1. The maximum Gasteiger partial charge on any atom is 0.253 e. The average Bonchev–Trinajstić information content (AvgIpc) is 3.25. The highest BCUT2D eigenvalue weighted by atomic mass is 32.1. The summed E-state index contributed by atoms with van der Waals surface area (Å²) in [6.45, 7) is 2.66. The van der Waals surface area contributed by atoms with Crippen LogP contribution in [0.15, 0.2) is 48.5 Å². The average molecular weight is 396 g/mol. The van der Waals surface area contributed by atoms with Gasteiger partial charge in [0.05, 0.1) is 28.9 Å². The number of aromatic nitrogens is 1. The number of nitrogens with one attached hydrogen (secondary N) is 2. The molecule has 1 aliphatic rings. The van der Waals surface area contributed by atoms with Crippen LogP contribution >= 0.6 is 11.3 Å². The number of nitrogens with zero attached hydrogens (tertiary/aromatic N) is 2. The van der Waals surface area contributed by atoms with Crippen molar-refractivity contribution in [3.63, 3.8) is 0 Å². The molecule has 1 saturated heterocycles. The van der Waals surface area contributed by atoms with E-state index in [0.717, 1.165) is 22.4 Å². The minimum absolute atomic E-state index is 0.0881. The number of benzene rings is 2. The van der Waals surface area contributed by atoms with Gasteiger partial charge in [-0.2, -0.15) is 0 Å². The Morgan fingerprint density at radius 3 is 2.71 bits per heavy atom. The number of hydrogen-bond acceptors (Lipinski definition) is 7. The molecule has 1 aliphatic heterocycles. The van der Waals surface area contributed by atoms with Crippen molar-refractivity contribution in [1.82, 2.24) is 10.4 Å². The second kappa shape index (κ2) is 7.95. The van der Waals surface area contributed by atoms with Gasteiger partial charge in [0.25, 0.3) is 5.91 Å². The molecule has 2 N–H and O–H groups in total. The zero-order valence-electron chi connectivity index (χ0n) is 15.3. The fourth-order valence-electron chi connectivity index (χ4n) is 3.00. The van der Waals surface area contributed by atoms with Gasteiger partial charge < -0.3 is 4.74 Å². The molecule has 0 saturated carbocycles. The molecule has 2 aromatic carbocycles. The number of imide groups is 1. The fraction of sp³-hybridized carbons (Fsp3) is 0.250. The molecule has 0 spiro atoms. The largest absolute Gasteiger partial charge is 0.494 e. The number of anilines is 2. The van der Waals surface area contributed by atoms with Crippen molar-refractivity contribution >= 4 is 44.2 Å². The summed E-state index contributed by atoms with van der Waals surface area (Å²) < 4.78 is 6.59. The molecule has 28 heavy (non-hydrogen) atoms. The van der Waals surface area contributed by atoms with Gasteiger partial charge in [0.1, 0.15) is 11.8 Å². The van der Waals surface area contributed by atoms with Crippen LogP contribution in [0.25, 0.3) is 10.2 Å². The van der Waals surface area contributed by atoms with E-state index >= 15 is 0 Å². The van der Waals surface area contributed by atoms with Crippen LogP contribution in [0, 0.1) is 0 Å². The van der Waals surface area contributed by atoms with E-state index in [2.05, 4.69) is 15.8 Å². The highest BCUT2D eigenvalue weighted by Gasteiger charge is 2.39. The monoisotopic (exact) mass is 396 g/mol. The molecule has 0 aliphatic carbocycles. The fourth-order valence-corrected chi connectivity index (χ4v) is 3.83. The maximum atomic E-state index is 12.7. The molecular weight excluding hydrogens is 376 g/mol. The van der Waals surface area contributed by atoms with Crippen molar-refractivity contribution in [2.45, 2.75) is 25.8 Å². The molecule has 0 radical (unpaired) electrons.